The first-order valence-corrected chi connectivity index (χ1v) is 9.82. The average Bonchev–Trinajstić information content (AvgIpc) is 3.29. The number of hydrogen-bond donors (Lipinski definition) is 1. The van der Waals surface area contributed by atoms with Crippen molar-refractivity contribution in [1.29, 1.82) is 0 Å². The number of carbonyl (C=O) groups is 1. The molecule has 2 aromatic heterocycles. The van der Waals surface area contributed by atoms with Crippen molar-refractivity contribution in [3.8, 4) is 11.3 Å². The van der Waals surface area contributed by atoms with Gasteiger partial charge in [-0.15, -0.1) is 22.9 Å². The summed E-state index contributed by atoms with van der Waals surface area (Å²) in [7, 11) is 0. The van der Waals surface area contributed by atoms with Gasteiger partial charge in [-0.05, 0) is 11.5 Å². The average molecular weight is 390 g/mol. The number of amides is 1. The quantitative estimate of drug-likeness (QED) is 0.561. The number of halogens is 1. The van der Waals surface area contributed by atoms with Crippen molar-refractivity contribution >= 4 is 34.0 Å². The molecule has 0 spiro atoms. The summed E-state index contributed by atoms with van der Waals surface area (Å²) in [4.78, 5) is 20.5. The highest BCUT2D eigenvalue weighted by atomic mass is 35.5. The topological polar surface area (TPSA) is 68.0 Å². The van der Waals surface area contributed by atoms with Crippen LogP contribution < -0.4 is 5.32 Å². The number of anilines is 1. The van der Waals surface area contributed by atoms with Crippen LogP contribution in [0, 0.1) is 0 Å². The van der Waals surface area contributed by atoms with E-state index in [4.69, 9.17) is 16.0 Å². The summed E-state index contributed by atoms with van der Waals surface area (Å²) in [5.41, 5.74) is 3.02. The zero-order chi connectivity index (χ0) is 18.5. The Hall–Kier alpha value is -2.18. The number of benzene rings is 1. The van der Waals surface area contributed by atoms with Gasteiger partial charge in [0.05, 0.1) is 17.8 Å². The fraction of sp³-hybridized carbons (Fsp3) is 0.316. The van der Waals surface area contributed by atoms with E-state index >= 15 is 0 Å². The second-order valence-corrected chi connectivity index (χ2v) is 7.35. The number of oxazole rings is 1. The number of carbonyl (C=O) groups excluding carboxylic acids is 1. The van der Waals surface area contributed by atoms with E-state index in [1.165, 1.54) is 16.9 Å². The van der Waals surface area contributed by atoms with E-state index in [0.717, 1.165) is 11.3 Å². The molecule has 0 aliphatic rings. The first kappa shape index (κ1) is 18.6. The molecule has 0 bridgehead atoms. The molecule has 5 nitrogen and oxygen atoms in total. The van der Waals surface area contributed by atoms with E-state index in [9.17, 15) is 4.79 Å². The van der Waals surface area contributed by atoms with Crippen LogP contribution >= 0.6 is 22.9 Å². The van der Waals surface area contributed by atoms with Crippen molar-refractivity contribution < 1.29 is 9.21 Å². The van der Waals surface area contributed by atoms with Crippen LogP contribution in [0.1, 0.15) is 43.3 Å². The lowest BCUT2D eigenvalue weighted by Crippen LogP contribution is -2.12. The minimum absolute atomic E-state index is 0.124. The molecule has 0 aliphatic carbocycles. The summed E-state index contributed by atoms with van der Waals surface area (Å²) < 4.78 is 5.77. The molecule has 0 fully saturated rings. The van der Waals surface area contributed by atoms with Crippen molar-refractivity contribution in [3.05, 3.63) is 53.0 Å². The largest absolute Gasteiger partial charge is 0.441 e. The van der Waals surface area contributed by atoms with Crippen molar-refractivity contribution in [2.75, 3.05) is 5.32 Å². The van der Waals surface area contributed by atoms with Crippen molar-refractivity contribution in [2.24, 2.45) is 0 Å². The molecule has 136 valence electrons. The van der Waals surface area contributed by atoms with Gasteiger partial charge in [0.1, 0.15) is 0 Å². The highest BCUT2D eigenvalue weighted by Gasteiger charge is 2.11. The molecule has 0 radical (unpaired) electrons. The van der Waals surface area contributed by atoms with Crippen LogP contribution in [0.25, 0.3) is 11.3 Å². The highest BCUT2D eigenvalue weighted by molar-refractivity contribution is 7.13. The third kappa shape index (κ3) is 4.71. The summed E-state index contributed by atoms with van der Waals surface area (Å²) in [5, 5.41) is 5.15. The number of hydrogen-bond acceptors (Lipinski definition) is 5. The molecule has 1 aromatic carbocycles. The minimum atomic E-state index is -0.124. The Kier molecular flexibility index (Phi) is 6.06. The third-order valence-electron chi connectivity index (χ3n) is 3.92. The molecule has 0 atom stereocenters. The van der Waals surface area contributed by atoms with Gasteiger partial charge in [-0.1, -0.05) is 38.1 Å². The van der Waals surface area contributed by atoms with E-state index in [1.807, 2.05) is 17.5 Å². The van der Waals surface area contributed by atoms with Gasteiger partial charge in [-0.25, -0.2) is 9.97 Å². The van der Waals surface area contributed by atoms with Gasteiger partial charge in [0.15, 0.2) is 16.8 Å². The zero-order valence-corrected chi connectivity index (χ0v) is 16.2. The third-order valence-corrected chi connectivity index (χ3v) is 5.00. The normalized spacial score (nSPS) is 11.1. The summed E-state index contributed by atoms with van der Waals surface area (Å²) in [6, 6.07) is 8.25. The zero-order valence-electron chi connectivity index (χ0n) is 14.7. The number of nitrogens with one attached hydrogen (secondary N) is 1. The Bertz CT molecular complexity index is 871. The molecule has 1 N–H and O–H groups in total. The van der Waals surface area contributed by atoms with E-state index in [1.54, 1.807) is 6.20 Å². The second-order valence-electron chi connectivity index (χ2n) is 6.22. The lowest BCUT2D eigenvalue weighted by Gasteiger charge is -2.05. The number of aromatic nitrogens is 2. The van der Waals surface area contributed by atoms with E-state index in [-0.39, 0.29) is 12.3 Å². The maximum absolute atomic E-state index is 12.0. The predicted molar refractivity (Wildman–Crippen MR) is 105 cm³/mol. The van der Waals surface area contributed by atoms with Gasteiger partial charge in [-0.2, -0.15) is 0 Å². The van der Waals surface area contributed by atoms with Gasteiger partial charge in [0.2, 0.25) is 5.91 Å². The number of alkyl halides is 1. The fourth-order valence-electron chi connectivity index (χ4n) is 2.42. The lowest BCUT2D eigenvalue weighted by molar-refractivity contribution is -0.116. The van der Waals surface area contributed by atoms with Gasteiger partial charge < -0.3 is 9.73 Å². The standard InChI is InChI=1S/C19H20ClN3O2S/c1-12(2)13-3-5-14(6-4-13)16-10-21-18(25-16)8-7-17(24)23-19-22-15(9-20)11-26-19/h3-6,10-12H,7-9H2,1-2H3,(H,22,23,24). The first-order valence-electron chi connectivity index (χ1n) is 8.40. The summed E-state index contributed by atoms with van der Waals surface area (Å²) in [6.07, 6.45) is 2.41. The van der Waals surface area contributed by atoms with Crippen LogP contribution in [-0.2, 0) is 17.1 Å². The van der Waals surface area contributed by atoms with Crippen LogP contribution in [0.4, 0.5) is 5.13 Å². The molecule has 3 aromatic rings. The SMILES string of the molecule is CC(C)c1ccc(-c2cnc(CCC(=O)Nc3nc(CCl)cs3)o2)cc1. The van der Waals surface area contributed by atoms with Crippen LogP contribution in [0.3, 0.4) is 0 Å². The summed E-state index contributed by atoms with van der Waals surface area (Å²) in [5.74, 6) is 1.96. The predicted octanol–water partition coefficient (Wildman–Crippen LogP) is 5.23. The van der Waals surface area contributed by atoms with E-state index < -0.39 is 0 Å². The van der Waals surface area contributed by atoms with E-state index in [2.05, 4.69) is 41.3 Å². The maximum Gasteiger partial charge on any atom is 0.226 e. The maximum atomic E-state index is 12.0. The smallest absolute Gasteiger partial charge is 0.226 e. The Morgan fingerprint density at radius 3 is 2.73 bits per heavy atom. The van der Waals surface area contributed by atoms with Gasteiger partial charge in [-0.3, -0.25) is 4.79 Å². The Morgan fingerprint density at radius 1 is 1.31 bits per heavy atom. The van der Waals surface area contributed by atoms with Gasteiger partial charge in [0, 0.05) is 23.8 Å². The van der Waals surface area contributed by atoms with Crippen LogP contribution in [-0.4, -0.2) is 15.9 Å². The minimum Gasteiger partial charge on any atom is -0.441 e. The Morgan fingerprint density at radius 2 is 2.08 bits per heavy atom. The van der Waals surface area contributed by atoms with E-state index in [0.29, 0.717) is 35.0 Å². The Balaban J connectivity index is 1.55. The molecule has 0 unspecified atom stereocenters. The molecule has 26 heavy (non-hydrogen) atoms. The molecule has 0 aliphatic heterocycles. The first-order chi connectivity index (χ1) is 12.5. The monoisotopic (exact) mass is 389 g/mol. The molecular formula is C19H20ClN3O2S. The van der Waals surface area contributed by atoms with Crippen LogP contribution in [0.15, 0.2) is 40.3 Å². The number of rotatable bonds is 7. The summed E-state index contributed by atoms with van der Waals surface area (Å²) in [6.45, 7) is 4.32. The number of thiazole rings is 1. The molecule has 3 rings (SSSR count). The molecular weight excluding hydrogens is 370 g/mol. The molecule has 7 heteroatoms. The fourth-order valence-corrected chi connectivity index (χ4v) is 3.37. The highest BCUT2D eigenvalue weighted by Crippen LogP contribution is 2.24. The van der Waals surface area contributed by atoms with Crippen LogP contribution in [0.2, 0.25) is 0 Å². The number of nitrogens with zero attached hydrogens (tertiary/aromatic N) is 2. The van der Waals surface area contributed by atoms with Crippen molar-refractivity contribution in [3.63, 3.8) is 0 Å². The molecule has 2 heterocycles. The van der Waals surface area contributed by atoms with Gasteiger partial charge >= 0.3 is 0 Å². The summed E-state index contributed by atoms with van der Waals surface area (Å²) >= 11 is 7.07. The Labute approximate surface area is 161 Å². The second kappa shape index (κ2) is 8.47. The number of aryl methyl sites for hydroxylation is 1. The van der Waals surface area contributed by atoms with Gasteiger partial charge in [0.25, 0.3) is 0 Å². The van der Waals surface area contributed by atoms with Crippen LogP contribution in [0.5, 0.6) is 0 Å². The molecule has 1 amide bonds. The van der Waals surface area contributed by atoms with Crippen molar-refractivity contribution in [1.82, 2.24) is 9.97 Å². The van der Waals surface area contributed by atoms with Crippen molar-refractivity contribution in [2.45, 2.75) is 38.5 Å². The molecule has 0 saturated heterocycles. The molecule has 0 saturated carbocycles. The lowest BCUT2D eigenvalue weighted by atomic mass is 10.0.